The number of nitrogens with zero attached hydrogens (tertiary/aromatic N) is 4. The second kappa shape index (κ2) is 7.61. The van der Waals surface area contributed by atoms with Crippen molar-refractivity contribution >= 4 is 15.8 Å². The first-order chi connectivity index (χ1) is 11.9. The molecule has 2 fully saturated rings. The summed E-state index contributed by atoms with van der Waals surface area (Å²) in [6.07, 6.45) is 3.18. The molecule has 1 atom stereocenters. The van der Waals surface area contributed by atoms with Crippen molar-refractivity contribution in [3.8, 4) is 0 Å². The summed E-state index contributed by atoms with van der Waals surface area (Å²) >= 11 is 0. The number of anilines is 1. The summed E-state index contributed by atoms with van der Waals surface area (Å²) < 4.78 is 32.6. The van der Waals surface area contributed by atoms with Crippen molar-refractivity contribution in [2.24, 2.45) is 7.05 Å². The second-order valence-electron chi connectivity index (χ2n) is 6.95. The van der Waals surface area contributed by atoms with Crippen molar-refractivity contribution in [2.75, 3.05) is 50.5 Å². The number of ether oxygens (including phenoxy) is 1. The molecule has 0 aromatic carbocycles. The predicted molar refractivity (Wildman–Crippen MR) is 97.3 cm³/mol. The third-order valence-electron chi connectivity index (χ3n) is 5.04. The van der Waals surface area contributed by atoms with E-state index in [2.05, 4.69) is 15.3 Å². The molecule has 3 heterocycles. The van der Waals surface area contributed by atoms with Crippen molar-refractivity contribution in [3.05, 3.63) is 11.3 Å². The number of hydrogen-bond donors (Lipinski definition) is 1. The number of piperidine rings is 1. The van der Waals surface area contributed by atoms with E-state index in [4.69, 9.17) is 4.74 Å². The molecule has 3 rings (SSSR count). The van der Waals surface area contributed by atoms with Gasteiger partial charge in [-0.25, -0.2) is 12.7 Å². The van der Waals surface area contributed by atoms with E-state index in [9.17, 15) is 8.42 Å². The molecule has 1 N–H and O–H groups in total. The van der Waals surface area contributed by atoms with Gasteiger partial charge in [0.25, 0.3) is 0 Å². The number of rotatable bonds is 5. The molecule has 2 aliphatic heterocycles. The van der Waals surface area contributed by atoms with Gasteiger partial charge >= 0.3 is 0 Å². The quantitative estimate of drug-likeness (QED) is 0.790. The summed E-state index contributed by atoms with van der Waals surface area (Å²) in [5.74, 6) is 1.14. The molecular formula is C16H29N5O3S. The molecule has 1 unspecified atom stereocenters. The standard InChI is InChI=1S/C16H29N5O3S/c1-13-15(16(19(2)18-13)20-7-9-24-10-8-20)11-17-14-5-4-6-21(12-14)25(3,22)23/h14,17H,4-12H2,1-3H3. The molecular weight excluding hydrogens is 342 g/mol. The molecule has 25 heavy (non-hydrogen) atoms. The maximum atomic E-state index is 11.8. The van der Waals surface area contributed by atoms with Crippen LogP contribution in [0.15, 0.2) is 0 Å². The summed E-state index contributed by atoms with van der Waals surface area (Å²) in [7, 11) is -1.14. The number of nitrogens with one attached hydrogen (secondary N) is 1. The van der Waals surface area contributed by atoms with E-state index in [0.29, 0.717) is 19.6 Å². The highest BCUT2D eigenvalue weighted by atomic mass is 32.2. The van der Waals surface area contributed by atoms with Gasteiger partial charge in [0, 0.05) is 51.4 Å². The summed E-state index contributed by atoms with van der Waals surface area (Å²) in [4.78, 5) is 2.32. The lowest BCUT2D eigenvalue weighted by Crippen LogP contribution is -2.47. The van der Waals surface area contributed by atoms with Gasteiger partial charge < -0.3 is 15.0 Å². The maximum absolute atomic E-state index is 11.8. The van der Waals surface area contributed by atoms with Crippen molar-refractivity contribution in [1.29, 1.82) is 0 Å². The molecule has 0 aliphatic carbocycles. The third kappa shape index (κ3) is 4.33. The van der Waals surface area contributed by atoms with Crippen LogP contribution >= 0.6 is 0 Å². The molecule has 1 aromatic rings. The van der Waals surface area contributed by atoms with Crippen LogP contribution in [0.25, 0.3) is 0 Å². The topological polar surface area (TPSA) is 79.7 Å². The Kier molecular flexibility index (Phi) is 5.67. The first kappa shape index (κ1) is 18.6. The van der Waals surface area contributed by atoms with E-state index in [0.717, 1.165) is 50.7 Å². The second-order valence-corrected chi connectivity index (χ2v) is 8.93. The van der Waals surface area contributed by atoms with Crippen LogP contribution in [-0.4, -0.2) is 74.2 Å². The lowest BCUT2D eigenvalue weighted by molar-refractivity contribution is 0.122. The lowest BCUT2D eigenvalue weighted by Gasteiger charge is -2.32. The normalized spacial score (nSPS) is 23.2. The van der Waals surface area contributed by atoms with Crippen molar-refractivity contribution < 1.29 is 13.2 Å². The van der Waals surface area contributed by atoms with Crippen LogP contribution in [0.5, 0.6) is 0 Å². The fraction of sp³-hybridized carbons (Fsp3) is 0.812. The number of sulfonamides is 1. The zero-order valence-electron chi connectivity index (χ0n) is 15.4. The van der Waals surface area contributed by atoms with Crippen LogP contribution in [0, 0.1) is 6.92 Å². The van der Waals surface area contributed by atoms with Crippen LogP contribution in [0.3, 0.4) is 0 Å². The van der Waals surface area contributed by atoms with Gasteiger partial charge in [0.15, 0.2) is 0 Å². The van der Waals surface area contributed by atoms with Gasteiger partial charge in [0.05, 0.1) is 25.2 Å². The van der Waals surface area contributed by atoms with Crippen LogP contribution in [-0.2, 0) is 28.4 Å². The van der Waals surface area contributed by atoms with Crippen molar-refractivity contribution in [1.82, 2.24) is 19.4 Å². The summed E-state index contributed by atoms with van der Waals surface area (Å²) in [6, 6.07) is 0.181. The molecule has 0 radical (unpaired) electrons. The van der Waals surface area contributed by atoms with Crippen LogP contribution < -0.4 is 10.2 Å². The number of aryl methyl sites for hydroxylation is 2. The summed E-state index contributed by atoms with van der Waals surface area (Å²) in [5, 5.41) is 8.15. The van der Waals surface area contributed by atoms with E-state index in [1.807, 2.05) is 18.7 Å². The minimum absolute atomic E-state index is 0.181. The van der Waals surface area contributed by atoms with E-state index in [1.54, 1.807) is 4.31 Å². The summed E-state index contributed by atoms with van der Waals surface area (Å²) in [5.41, 5.74) is 2.22. The first-order valence-electron chi connectivity index (χ1n) is 8.90. The molecule has 0 bridgehead atoms. The highest BCUT2D eigenvalue weighted by Crippen LogP contribution is 2.24. The Morgan fingerprint density at radius 2 is 2.00 bits per heavy atom. The smallest absolute Gasteiger partial charge is 0.211 e. The average Bonchev–Trinajstić information content (AvgIpc) is 2.86. The zero-order valence-corrected chi connectivity index (χ0v) is 16.2. The van der Waals surface area contributed by atoms with Gasteiger partial charge in [-0.15, -0.1) is 0 Å². The number of morpholine rings is 1. The third-order valence-corrected chi connectivity index (χ3v) is 6.31. The largest absolute Gasteiger partial charge is 0.378 e. The Hall–Kier alpha value is -1.16. The molecule has 0 saturated carbocycles. The Morgan fingerprint density at radius 1 is 1.28 bits per heavy atom. The average molecular weight is 372 g/mol. The van der Waals surface area contributed by atoms with E-state index < -0.39 is 10.0 Å². The van der Waals surface area contributed by atoms with Crippen molar-refractivity contribution in [2.45, 2.75) is 32.4 Å². The highest BCUT2D eigenvalue weighted by Gasteiger charge is 2.27. The van der Waals surface area contributed by atoms with Gasteiger partial charge in [0.1, 0.15) is 5.82 Å². The van der Waals surface area contributed by atoms with Gasteiger partial charge in [-0.3, -0.25) is 4.68 Å². The van der Waals surface area contributed by atoms with Crippen LogP contribution in [0.2, 0.25) is 0 Å². The maximum Gasteiger partial charge on any atom is 0.211 e. The Bertz CT molecular complexity index is 697. The van der Waals surface area contributed by atoms with E-state index in [1.165, 1.54) is 11.8 Å². The molecule has 1 aromatic heterocycles. The molecule has 2 aliphatic rings. The Balaban J connectivity index is 1.68. The fourth-order valence-corrected chi connectivity index (χ4v) is 4.64. The minimum atomic E-state index is -3.12. The van der Waals surface area contributed by atoms with E-state index >= 15 is 0 Å². The Morgan fingerprint density at radius 3 is 2.68 bits per heavy atom. The van der Waals surface area contributed by atoms with Crippen molar-refractivity contribution in [3.63, 3.8) is 0 Å². The molecule has 0 spiro atoms. The Labute approximate surface area is 150 Å². The minimum Gasteiger partial charge on any atom is -0.378 e. The summed E-state index contributed by atoms with van der Waals surface area (Å²) in [6.45, 7) is 7.13. The van der Waals surface area contributed by atoms with E-state index in [-0.39, 0.29) is 6.04 Å². The lowest BCUT2D eigenvalue weighted by atomic mass is 10.1. The fourth-order valence-electron chi connectivity index (χ4n) is 3.72. The van der Waals surface area contributed by atoms with Gasteiger partial charge in [-0.05, 0) is 19.8 Å². The zero-order chi connectivity index (χ0) is 18.0. The number of hydrogen-bond acceptors (Lipinski definition) is 6. The molecule has 8 nitrogen and oxygen atoms in total. The molecule has 0 amide bonds. The molecule has 2 saturated heterocycles. The van der Waals surface area contributed by atoms with Crippen LogP contribution in [0.1, 0.15) is 24.1 Å². The first-order valence-corrected chi connectivity index (χ1v) is 10.7. The number of aromatic nitrogens is 2. The monoisotopic (exact) mass is 371 g/mol. The van der Waals surface area contributed by atoms with Gasteiger partial charge in [-0.2, -0.15) is 5.10 Å². The van der Waals surface area contributed by atoms with Crippen LogP contribution in [0.4, 0.5) is 5.82 Å². The SMILES string of the molecule is Cc1nn(C)c(N2CCOCC2)c1CNC1CCCN(S(C)(=O)=O)C1. The molecule has 142 valence electrons. The van der Waals surface area contributed by atoms with Gasteiger partial charge in [0.2, 0.25) is 10.0 Å². The van der Waals surface area contributed by atoms with Gasteiger partial charge in [-0.1, -0.05) is 0 Å². The highest BCUT2D eigenvalue weighted by molar-refractivity contribution is 7.88. The predicted octanol–water partition coefficient (Wildman–Crippen LogP) is 0.0787. The molecule has 9 heteroatoms.